The number of carbonyl (C=O) groups excluding carboxylic acids is 1. The first kappa shape index (κ1) is 26.4. The second-order valence-corrected chi connectivity index (χ2v) is 11.4. The van der Waals surface area contributed by atoms with Crippen molar-refractivity contribution >= 4 is 33.2 Å². The van der Waals surface area contributed by atoms with Crippen LogP contribution in [0.5, 0.6) is 0 Å². The van der Waals surface area contributed by atoms with E-state index in [0.29, 0.717) is 24.2 Å². The van der Waals surface area contributed by atoms with Crippen LogP contribution in [0.25, 0.3) is 22.2 Å². The summed E-state index contributed by atoms with van der Waals surface area (Å²) < 4.78 is 29.7. The maximum absolute atomic E-state index is 13.3. The van der Waals surface area contributed by atoms with Crippen molar-refractivity contribution in [1.82, 2.24) is 9.55 Å². The number of aromatic nitrogens is 2. The SMILES string of the molecule is CCCCc1cc2c(C)ccnc2n1Cc1ccc(-c2ccccc2N(C=O)S(=O)(=O)c2ccccc2)cc1. The highest BCUT2D eigenvalue weighted by Crippen LogP contribution is 2.34. The highest BCUT2D eigenvalue weighted by Gasteiger charge is 2.26. The molecule has 0 unspecified atom stereocenters. The van der Waals surface area contributed by atoms with Crippen molar-refractivity contribution in [3.05, 3.63) is 114 Å². The molecule has 0 saturated heterocycles. The van der Waals surface area contributed by atoms with E-state index in [1.807, 2.05) is 48.7 Å². The third kappa shape index (κ3) is 5.22. The first-order valence-corrected chi connectivity index (χ1v) is 14.5. The average Bonchev–Trinajstić information content (AvgIpc) is 3.31. The van der Waals surface area contributed by atoms with E-state index in [1.165, 1.54) is 28.8 Å². The molecule has 3 aromatic carbocycles. The minimum atomic E-state index is -4.06. The van der Waals surface area contributed by atoms with E-state index >= 15 is 0 Å². The molecule has 7 heteroatoms. The van der Waals surface area contributed by atoms with Gasteiger partial charge in [-0.1, -0.05) is 74.0 Å². The molecular weight excluding hydrogens is 506 g/mol. The number of anilines is 1. The number of fused-ring (bicyclic) bond motifs is 1. The molecule has 0 aliphatic carbocycles. The van der Waals surface area contributed by atoms with Gasteiger partial charge in [-0.3, -0.25) is 4.79 Å². The van der Waals surface area contributed by atoms with Gasteiger partial charge in [0, 0.05) is 29.4 Å². The van der Waals surface area contributed by atoms with E-state index in [-0.39, 0.29) is 4.90 Å². The van der Waals surface area contributed by atoms with Crippen LogP contribution in [-0.4, -0.2) is 24.4 Å². The Morgan fingerprint density at radius 3 is 2.36 bits per heavy atom. The Morgan fingerprint density at radius 1 is 0.923 bits per heavy atom. The summed E-state index contributed by atoms with van der Waals surface area (Å²) in [5, 5.41) is 1.18. The van der Waals surface area contributed by atoms with Crippen molar-refractivity contribution in [3.63, 3.8) is 0 Å². The lowest BCUT2D eigenvalue weighted by Gasteiger charge is -2.21. The standard InChI is InChI=1S/C32H31N3O3S/c1-3-4-10-27-21-30-24(2)19-20-33-32(30)34(27)22-25-15-17-26(18-16-25)29-13-8-9-14-31(29)35(23-36)39(37,38)28-11-6-5-7-12-28/h5-9,11-21,23H,3-4,10,22H2,1-2H3. The zero-order chi connectivity index (χ0) is 27.4. The Hall–Kier alpha value is -4.23. The van der Waals surface area contributed by atoms with Gasteiger partial charge in [0.1, 0.15) is 5.65 Å². The third-order valence-corrected chi connectivity index (χ3v) is 8.70. The van der Waals surface area contributed by atoms with Crippen molar-refractivity contribution in [1.29, 1.82) is 0 Å². The summed E-state index contributed by atoms with van der Waals surface area (Å²) >= 11 is 0. The molecule has 5 rings (SSSR count). The molecule has 0 fully saturated rings. The summed E-state index contributed by atoms with van der Waals surface area (Å²) in [6.45, 7) is 5.00. The zero-order valence-electron chi connectivity index (χ0n) is 22.1. The molecule has 2 heterocycles. The molecule has 6 nitrogen and oxygen atoms in total. The third-order valence-electron chi connectivity index (χ3n) is 7.03. The molecule has 39 heavy (non-hydrogen) atoms. The van der Waals surface area contributed by atoms with Gasteiger partial charge >= 0.3 is 0 Å². The van der Waals surface area contributed by atoms with Gasteiger partial charge in [0.25, 0.3) is 10.0 Å². The highest BCUT2D eigenvalue weighted by molar-refractivity contribution is 7.93. The van der Waals surface area contributed by atoms with Crippen LogP contribution in [0.3, 0.4) is 0 Å². The van der Waals surface area contributed by atoms with Crippen LogP contribution in [0.2, 0.25) is 0 Å². The van der Waals surface area contributed by atoms with Crippen LogP contribution in [0.15, 0.2) is 102 Å². The Morgan fingerprint density at radius 2 is 1.64 bits per heavy atom. The van der Waals surface area contributed by atoms with Crippen molar-refractivity contribution in [2.24, 2.45) is 0 Å². The number of para-hydroxylation sites is 1. The minimum Gasteiger partial charge on any atom is -0.325 e. The van der Waals surface area contributed by atoms with Crippen molar-refractivity contribution in [2.75, 3.05) is 4.31 Å². The van der Waals surface area contributed by atoms with Crippen molar-refractivity contribution < 1.29 is 13.2 Å². The fraction of sp³-hybridized carbons (Fsp3) is 0.188. The lowest BCUT2D eigenvalue weighted by atomic mass is 10.0. The number of pyridine rings is 1. The van der Waals surface area contributed by atoms with Crippen LogP contribution in [-0.2, 0) is 27.8 Å². The summed E-state index contributed by atoms with van der Waals surface area (Å²) in [6, 6.07) is 27.4. The molecule has 198 valence electrons. The lowest BCUT2D eigenvalue weighted by Crippen LogP contribution is -2.30. The van der Waals surface area contributed by atoms with Gasteiger partial charge in [0.15, 0.2) is 0 Å². The van der Waals surface area contributed by atoms with Gasteiger partial charge in [0.2, 0.25) is 6.41 Å². The fourth-order valence-corrected chi connectivity index (χ4v) is 6.16. The monoisotopic (exact) mass is 537 g/mol. The molecule has 1 amide bonds. The summed E-state index contributed by atoms with van der Waals surface area (Å²) in [5.41, 5.74) is 6.37. The highest BCUT2D eigenvalue weighted by atomic mass is 32.2. The molecule has 0 N–H and O–H groups in total. The number of unbranched alkanes of at least 4 members (excludes halogenated alkanes) is 1. The lowest BCUT2D eigenvalue weighted by molar-refractivity contribution is -0.106. The van der Waals surface area contributed by atoms with E-state index in [4.69, 9.17) is 0 Å². The average molecular weight is 538 g/mol. The fourth-order valence-electron chi connectivity index (χ4n) is 4.90. The first-order chi connectivity index (χ1) is 18.9. The molecule has 5 aromatic rings. The maximum atomic E-state index is 13.3. The van der Waals surface area contributed by atoms with E-state index in [1.54, 1.807) is 30.3 Å². The van der Waals surface area contributed by atoms with Gasteiger partial charge < -0.3 is 4.57 Å². The molecule has 0 saturated carbocycles. The summed E-state index contributed by atoms with van der Waals surface area (Å²) in [7, 11) is -4.06. The van der Waals surface area contributed by atoms with Gasteiger partial charge in [-0.15, -0.1) is 0 Å². The van der Waals surface area contributed by atoms with Gasteiger partial charge in [-0.25, -0.2) is 17.7 Å². The Kier molecular flexibility index (Phi) is 7.61. The molecule has 0 atom stereocenters. The Balaban J connectivity index is 1.49. The number of carbonyl (C=O) groups is 1. The molecular formula is C32H31N3O3S. The van der Waals surface area contributed by atoms with Crippen molar-refractivity contribution in [2.45, 2.75) is 44.6 Å². The second-order valence-electron chi connectivity index (χ2n) is 9.62. The normalized spacial score (nSPS) is 11.5. The van der Waals surface area contributed by atoms with Crippen LogP contribution >= 0.6 is 0 Å². The Labute approximate surface area is 229 Å². The number of hydrogen-bond acceptors (Lipinski definition) is 4. The van der Waals surface area contributed by atoms with Crippen LogP contribution < -0.4 is 4.31 Å². The predicted octanol–water partition coefficient (Wildman–Crippen LogP) is 6.75. The predicted molar refractivity (Wildman–Crippen MR) is 156 cm³/mol. The van der Waals surface area contributed by atoms with Gasteiger partial charge in [-0.2, -0.15) is 0 Å². The second kappa shape index (κ2) is 11.3. The maximum Gasteiger partial charge on any atom is 0.270 e. The van der Waals surface area contributed by atoms with E-state index in [2.05, 4.69) is 29.5 Å². The number of amides is 1. The number of rotatable bonds is 10. The van der Waals surface area contributed by atoms with Gasteiger partial charge in [0.05, 0.1) is 10.6 Å². The summed E-state index contributed by atoms with van der Waals surface area (Å²) in [5.74, 6) is 0. The van der Waals surface area contributed by atoms with E-state index in [9.17, 15) is 13.2 Å². The number of hydrogen-bond donors (Lipinski definition) is 0. The summed E-state index contributed by atoms with van der Waals surface area (Å²) in [4.78, 5) is 16.9. The largest absolute Gasteiger partial charge is 0.325 e. The molecule has 2 aromatic heterocycles. The van der Waals surface area contributed by atoms with Crippen molar-refractivity contribution in [3.8, 4) is 11.1 Å². The molecule has 0 spiro atoms. The molecule has 0 radical (unpaired) electrons. The molecule has 0 bridgehead atoms. The van der Waals surface area contributed by atoms with E-state index < -0.39 is 10.0 Å². The summed E-state index contributed by atoms with van der Waals surface area (Å²) in [6.07, 6.45) is 5.46. The Bertz CT molecular complexity index is 1710. The molecule has 0 aliphatic heterocycles. The van der Waals surface area contributed by atoms with Gasteiger partial charge in [-0.05, 0) is 66.8 Å². The van der Waals surface area contributed by atoms with Crippen LogP contribution in [0.4, 0.5) is 5.69 Å². The molecule has 0 aliphatic rings. The first-order valence-electron chi connectivity index (χ1n) is 13.1. The number of aryl methyl sites for hydroxylation is 2. The number of nitrogens with zero attached hydrogens (tertiary/aromatic N) is 3. The minimum absolute atomic E-state index is 0.0592. The van der Waals surface area contributed by atoms with Crippen LogP contribution in [0.1, 0.15) is 36.6 Å². The van der Waals surface area contributed by atoms with Crippen LogP contribution in [0, 0.1) is 6.92 Å². The number of sulfonamides is 1. The smallest absolute Gasteiger partial charge is 0.270 e. The quantitative estimate of drug-likeness (QED) is 0.185. The zero-order valence-corrected chi connectivity index (χ0v) is 22.9. The van der Waals surface area contributed by atoms with E-state index in [0.717, 1.165) is 40.3 Å². The number of benzene rings is 3. The topological polar surface area (TPSA) is 72.3 Å².